The minimum absolute atomic E-state index is 0.0148. The quantitative estimate of drug-likeness (QED) is 0.736. The Morgan fingerprint density at radius 3 is 2.59 bits per heavy atom. The molecule has 9 nitrogen and oxygen atoms in total. The summed E-state index contributed by atoms with van der Waals surface area (Å²) in [5.74, 6) is -0.885. The zero-order chi connectivity index (χ0) is 19.8. The zero-order valence-electron chi connectivity index (χ0n) is 15.5. The zero-order valence-corrected chi connectivity index (χ0v) is 15.5. The van der Waals surface area contributed by atoms with Crippen LogP contribution in [0, 0.1) is 0 Å². The molecule has 144 valence electrons. The Morgan fingerprint density at radius 1 is 1.30 bits per heavy atom. The van der Waals surface area contributed by atoms with E-state index in [0.29, 0.717) is 16.6 Å². The maximum absolute atomic E-state index is 12.1. The van der Waals surface area contributed by atoms with Gasteiger partial charge in [0.15, 0.2) is 5.69 Å². The molecule has 27 heavy (non-hydrogen) atoms. The van der Waals surface area contributed by atoms with Crippen molar-refractivity contribution < 1.29 is 19.1 Å². The van der Waals surface area contributed by atoms with Crippen LogP contribution in [-0.2, 0) is 16.1 Å². The topological polar surface area (TPSA) is 128 Å². The van der Waals surface area contributed by atoms with Gasteiger partial charge in [0, 0.05) is 17.1 Å². The molecule has 1 saturated carbocycles. The van der Waals surface area contributed by atoms with Crippen LogP contribution in [-0.4, -0.2) is 39.3 Å². The highest BCUT2D eigenvalue weighted by Gasteiger charge is 2.24. The van der Waals surface area contributed by atoms with E-state index in [-0.39, 0.29) is 24.2 Å². The molecular weight excluding hydrogens is 350 g/mol. The fraction of sp³-hybridized carbons (Fsp3) is 0.444. The lowest BCUT2D eigenvalue weighted by Gasteiger charge is -2.19. The van der Waals surface area contributed by atoms with Gasteiger partial charge >= 0.3 is 6.09 Å². The normalized spacial score (nSPS) is 14.0. The molecular formula is C18H23N5O4. The minimum atomic E-state index is -0.712. The molecule has 4 N–H and O–H groups in total. The number of benzene rings is 1. The summed E-state index contributed by atoms with van der Waals surface area (Å²) in [5.41, 5.74) is 5.83. The van der Waals surface area contributed by atoms with Gasteiger partial charge < -0.3 is 15.8 Å². The number of amides is 3. The van der Waals surface area contributed by atoms with Crippen LogP contribution in [0.5, 0.6) is 0 Å². The number of nitrogens with two attached hydrogens (primary N) is 1. The second-order valence-electron chi connectivity index (χ2n) is 7.57. The fourth-order valence-corrected chi connectivity index (χ4v) is 2.62. The number of nitrogens with zero attached hydrogens (tertiary/aromatic N) is 2. The van der Waals surface area contributed by atoms with E-state index < -0.39 is 17.6 Å². The molecule has 3 rings (SSSR count). The summed E-state index contributed by atoms with van der Waals surface area (Å²) < 4.78 is 6.65. The highest BCUT2D eigenvalue weighted by atomic mass is 16.6. The molecule has 1 aromatic heterocycles. The van der Waals surface area contributed by atoms with Crippen molar-refractivity contribution in [2.45, 2.75) is 51.8 Å². The van der Waals surface area contributed by atoms with Crippen LogP contribution in [0.2, 0.25) is 0 Å². The first-order valence-corrected chi connectivity index (χ1v) is 8.72. The van der Waals surface area contributed by atoms with Gasteiger partial charge in [-0.2, -0.15) is 5.10 Å². The lowest BCUT2D eigenvalue weighted by molar-refractivity contribution is -0.121. The molecule has 1 aliphatic rings. The van der Waals surface area contributed by atoms with E-state index in [1.54, 1.807) is 39.0 Å². The molecule has 0 unspecified atom stereocenters. The largest absolute Gasteiger partial charge is 0.444 e. The first-order valence-electron chi connectivity index (χ1n) is 8.72. The Morgan fingerprint density at radius 2 is 2.00 bits per heavy atom. The van der Waals surface area contributed by atoms with Gasteiger partial charge in [0.05, 0.1) is 5.52 Å². The van der Waals surface area contributed by atoms with E-state index in [2.05, 4.69) is 15.7 Å². The highest BCUT2D eigenvalue weighted by Crippen LogP contribution is 2.24. The number of carbonyl (C=O) groups excluding carboxylic acids is 3. The smallest absolute Gasteiger partial charge is 0.412 e. The lowest BCUT2D eigenvalue weighted by Crippen LogP contribution is -2.29. The molecule has 1 fully saturated rings. The van der Waals surface area contributed by atoms with Gasteiger partial charge in [-0.1, -0.05) is 0 Å². The van der Waals surface area contributed by atoms with Crippen molar-refractivity contribution in [1.82, 2.24) is 15.1 Å². The van der Waals surface area contributed by atoms with E-state index in [1.165, 1.54) is 4.68 Å². The minimum Gasteiger partial charge on any atom is -0.444 e. The van der Waals surface area contributed by atoms with Gasteiger partial charge in [0.1, 0.15) is 12.1 Å². The molecule has 0 radical (unpaired) electrons. The third-order valence-electron chi connectivity index (χ3n) is 3.86. The maximum atomic E-state index is 12.1. The van der Waals surface area contributed by atoms with E-state index in [0.717, 1.165) is 12.8 Å². The van der Waals surface area contributed by atoms with Crippen molar-refractivity contribution in [3.05, 3.63) is 23.9 Å². The van der Waals surface area contributed by atoms with Crippen LogP contribution in [0.25, 0.3) is 10.9 Å². The molecule has 0 spiro atoms. The van der Waals surface area contributed by atoms with Gasteiger partial charge in [0.2, 0.25) is 5.91 Å². The van der Waals surface area contributed by atoms with E-state index in [1.807, 2.05) is 0 Å². The number of hydrogen-bond donors (Lipinski definition) is 3. The molecule has 1 aromatic carbocycles. The second-order valence-corrected chi connectivity index (χ2v) is 7.57. The molecule has 1 aliphatic carbocycles. The van der Waals surface area contributed by atoms with Gasteiger partial charge in [-0.25, -0.2) is 4.79 Å². The first-order chi connectivity index (χ1) is 12.6. The van der Waals surface area contributed by atoms with E-state index in [4.69, 9.17) is 10.5 Å². The third-order valence-corrected chi connectivity index (χ3v) is 3.86. The van der Waals surface area contributed by atoms with Crippen molar-refractivity contribution in [1.29, 1.82) is 0 Å². The van der Waals surface area contributed by atoms with Gasteiger partial charge in [0.25, 0.3) is 5.91 Å². The van der Waals surface area contributed by atoms with Crippen molar-refractivity contribution in [2.24, 2.45) is 5.73 Å². The Bertz CT molecular complexity index is 908. The average Bonchev–Trinajstić information content (AvgIpc) is 3.26. The van der Waals surface area contributed by atoms with E-state index >= 15 is 0 Å². The van der Waals surface area contributed by atoms with Crippen LogP contribution in [0.4, 0.5) is 10.5 Å². The number of carbonyl (C=O) groups is 3. The summed E-state index contributed by atoms with van der Waals surface area (Å²) in [7, 11) is 0. The summed E-state index contributed by atoms with van der Waals surface area (Å²) in [6.45, 7) is 5.27. The summed E-state index contributed by atoms with van der Waals surface area (Å²) in [4.78, 5) is 35.8. The summed E-state index contributed by atoms with van der Waals surface area (Å²) in [6.07, 6.45) is 1.36. The summed E-state index contributed by atoms with van der Waals surface area (Å²) in [6, 6.07) is 5.14. The van der Waals surface area contributed by atoms with E-state index in [9.17, 15) is 14.4 Å². The van der Waals surface area contributed by atoms with Crippen molar-refractivity contribution in [2.75, 3.05) is 5.32 Å². The third kappa shape index (κ3) is 4.75. The number of aromatic nitrogens is 2. The van der Waals surface area contributed by atoms with Gasteiger partial charge in [-0.05, 0) is 51.8 Å². The second kappa shape index (κ2) is 6.90. The van der Waals surface area contributed by atoms with Crippen LogP contribution in [0.3, 0.4) is 0 Å². The lowest BCUT2D eigenvalue weighted by atomic mass is 10.2. The Labute approximate surface area is 156 Å². The number of hydrogen-bond acceptors (Lipinski definition) is 5. The van der Waals surface area contributed by atoms with Crippen LogP contribution in [0.15, 0.2) is 18.2 Å². The fourth-order valence-electron chi connectivity index (χ4n) is 2.62. The molecule has 0 bridgehead atoms. The summed E-state index contributed by atoms with van der Waals surface area (Å²) >= 11 is 0. The summed E-state index contributed by atoms with van der Waals surface area (Å²) in [5, 5.41) is 10.1. The predicted molar refractivity (Wildman–Crippen MR) is 99.3 cm³/mol. The molecule has 3 amide bonds. The monoisotopic (exact) mass is 373 g/mol. The van der Waals surface area contributed by atoms with Crippen molar-refractivity contribution in [3.8, 4) is 0 Å². The molecule has 1 heterocycles. The van der Waals surface area contributed by atoms with Crippen LogP contribution < -0.4 is 16.4 Å². The Kier molecular flexibility index (Phi) is 4.77. The number of anilines is 1. The van der Waals surface area contributed by atoms with Crippen molar-refractivity contribution >= 4 is 34.5 Å². The van der Waals surface area contributed by atoms with Gasteiger partial charge in [-0.3, -0.25) is 19.6 Å². The first kappa shape index (κ1) is 18.7. The molecule has 0 aliphatic heterocycles. The Balaban J connectivity index is 1.85. The molecule has 0 atom stereocenters. The molecule has 0 saturated heterocycles. The van der Waals surface area contributed by atoms with Crippen molar-refractivity contribution in [3.63, 3.8) is 0 Å². The molecule has 2 aromatic rings. The predicted octanol–water partition coefficient (Wildman–Crippen LogP) is 1.76. The maximum Gasteiger partial charge on any atom is 0.412 e. The number of ether oxygens (including phenoxy) is 1. The van der Waals surface area contributed by atoms with Gasteiger partial charge in [-0.15, -0.1) is 0 Å². The number of rotatable bonds is 5. The van der Waals surface area contributed by atoms with Crippen LogP contribution in [0.1, 0.15) is 44.1 Å². The SMILES string of the molecule is CC(C)(C)OC(=O)Nc1ccc2c(c1)c(C(N)=O)nn2CC(=O)NC1CC1. The van der Waals surface area contributed by atoms with Crippen LogP contribution >= 0.6 is 0 Å². The highest BCUT2D eigenvalue weighted by molar-refractivity contribution is 6.05. The number of primary amides is 1. The molecule has 9 heteroatoms. The number of nitrogens with one attached hydrogen (secondary N) is 2. The number of fused-ring (bicyclic) bond motifs is 1. The average molecular weight is 373 g/mol. The Hall–Kier alpha value is -3.10. The standard InChI is InChI=1S/C18H23N5O4/c1-18(2,3)27-17(26)21-11-6-7-13-12(8-11)15(16(19)25)22-23(13)9-14(24)20-10-4-5-10/h6-8,10H,4-5,9H2,1-3H3,(H2,19,25)(H,20,24)(H,21,26).